The molecule has 0 aliphatic carbocycles. The van der Waals surface area contributed by atoms with Crippen LogP contribution in [0.15, 0.2) is 18.2 Å². The summed E-state index contributed by atoms with van der Waals surface area (Å²) in [5.41, 5.74) is 2.58. The molecule has 1 aromatic carbocycles. The predicted molar refractivity (Wildman–Crippen MR) is 63.6 cm³/mol. The fourth-order valence-electron chi connectivity index (χ4n) is 1.03. The molecule has 2 N–H and O–H groups in total. The highest BCUT2D eigenvalue weighted by atomic mass is 127. The van der Waals surface area contributed by atoms with Gasteiger partial charge in [0.15, 0.2) is 5.78 Å². The number of halogens is 1. The van der Waals surface area contributed by atoms with Gasteiger partial charge in [-0.2, -0.15) is 0 Å². The average Bonchev–Trinajstić information content (AvgIpc) is 2.16. The molecule has 0 unspecified atom stereocenters. The standard InChI is InChI=1S/C9H11IN2O/c1-6(13)7-3-8(11-2)5-9(4-7)12-10/h3-5,11-12H,1-2H3. The van der Waals surface area contributed by atoms with Crippen molar-refractivity contribution in [2.24, 2.45) is 0 Å². The van der Waals surface area contributed by atoms with Crippen LogP contribution in [0.2, 0.25) is 0 Å². The van der Waals surface area contributed by atoms with Crippen molar-refractivity contribution in [2.75, 3.05) is 15.9 Å². The third-order valence-electron chi connectivity index (χ3n) is 1.74. The highest BCUT2D eigenvalue weighted by molar-refractivity contribution is 14.1. The second kappa shape index (κ2) is 4.45. The zero-order chi connectivity index (χ0) is 9.84. The number of carbonyl (C=O) groups excluding carboxylic acids is 1. The van der Waals surface area contributed by atoms with E-state index in [-0.39, 0.29) is 5.78 Å². The Labute approximate surface area is 91.4 Å². The van der Waals surface area contributed by atoms with Gasteiger partial charge in [-0.05, 0) is 25.1 Å². The van der Waals surface area contributed by atoms with Crippen LogP contribution < -0.4 is 8.85 Å². The summed E-state index contributed by atoms with van der Waals surface area (Å²) in [5.74, 6) is 0.0741. The van der Waals surface area contributed by atoms with E-state index >= 15 is 0 Å². The molecule has 0 atom stereocenters. The van der Waals surface area contributed by atoms with Crippen molar-refractivity contribution in [3.8, 4) is 0 Å². The van der Waals surface area contributed by atoms with Gasteiger partial charge in [0.2, 0.25) is 0 Å². The van der Waals surface area contributed by atoms with E-state index in [1.54, 1.807) is 6.92 Å². The molecule has 0 saturated carbocycles. The second-order valence-electron chi connectivity index (χ2n) is 2.70. The summed E-state index contributed by atoms with van der Waals surface area (Å²) < 4.78 is 2.97. The van der Waals surface area contributed by atoms with E-state index in [1.807, 2.05) is 48.1 Å². The topological polar surface area (TPSA) is 41.1 Å². The van der Waals surface area contributed by atoms with Crippen LogP contribution in [0, 0.1) is 0 Å². The molecule has 70 valence electrons. The Hall–Kier alpha value is -0.780. The Morgan fingerprint density at radius 3 is 2.38 bits per heavy atom. The lowest BCUT2D eigenvalue weighted by molar-refractivity contribution is 0.101. The molecule has 0 spiro atoms. The van der Waals surface area contributed by atoms with Crippen molar-refractivity contribution in [1.82, 2.24) is 0 Å². The maximum absolute atomic E-state index is 11.1. The minimum absolute atomic E-state index is 0.0741. The second-order valence-corrected chi connectivity index (χ2v) is 3.24. The molecule has 1 rings (SSSR count). The Bertz CT molecular complexity index is 303. The van der Waals surface area contributed by atoms with Gasteiger partial charge in [0.1, 0.15) is 0 Å². The Balaban J connectivity index is 3.14. The van der Waals surface area contributed by atoms with Crippen LogP contribution in [0.25, 0.3) is 0 Å². The summed E-state index contributed by atoms with van der Waals surface area (Å²) in [5, 5.41) is 3.00. The van der Waals surface area contributed by atoms with Crippen LogP contribution >= 0.6 is 22.9 Å². The smallest absolute Gasteiger partial charge is 0.159 e. The summed E-state index contributed by atoms with van der Waals surface area (Å²) in [6.45, 7) is 1.56. The molecule has 13 heavy (non-hydrogen) atoms. The molecule has 0 saturated heterocycles. The quantitative estimate of drug-likeness (QED) is 0.511. The van der Waals surface area contributed by atoms with E-state index < -0.39 is 0 Å². The van der Waals surface area contributed by atoms with E-state index in [2.05, 4.69) is 8.85 Å². The largest absolute Gasteiger partial charge is 0.388 e. The maximum Gasteiger partial charge on any atom is 0.159 e. The van der Waals surface area contributed by atoms with Crippen molar-refractivity contribution in [3.05, 3.63) is 23.8 Å². The van der Waals surface area contributed by atoms with Gasteiger partial charge in [0.25, 0.3) is 0 Å². The lowest BCUT2D eigenvalue weighted by Crippen LogP contribution is -1.96. The molecule has 0 radical (unpaired) electrons. The third-order valence-corrected chi connectivity index (χ3v) is 2.36. The number of Topliss-reactive ketones (excluding diaryl/α,β-unsaturated/α-hetero) is 1. The maximum atomic E-state index is 11.1. The highest BCUT2D eigenvalue weighted by Gasteiger charge is 2.02. The molecule has 0 aliphatic heterocycles. The summed E-state index contributed by atoms with van der Waals surface area (Å²) in [6, 6.07) is 5.61. The number of carbonyl (C=O) groups is 1. The van der Waals surface area contributed by atoms with Crippen molar-refractivity contribution in [1.29, 1.82) is 0 Å². The Morgan fingerprint density at radius 1 is 1.31 bits per heavy atom. The molecular weight excluding hydrogens is 279 g/mol. The van der Waals surface area contributed by atoms with Crippen molar-refractivity contribution in [2.45, 2.75) is 6.92 Å². The first-order valence-corrected chi connectivity index (χ1v) is 4.95. The van der Waals surface area contributed by atoms with Crippen LogP contribution in [0.3, 0.4) is 0 Å². The minimum Gasteiger partial charge on any atom is -0.388 e. The zero-order valence-corrected chi connectivity index (χ0v) is 9.68. The van der Waals surface area contributed by atoms with E-state index in [0.29, 0.717) is 5.56 Å². The normalized spacial score (nSPS) is 9.46. The van der Waals surface area contributed by atoms with Gasteiger partial charge in [-0.1, -0.05) is 0 Å². The van der Waals surface area contributed by atoms with Gasteiger partial charge in [0, 0.05) is 24.0 Å². The summed E-state index contributed by atoms with van der Waals surface area (Å²) in [6.07, 6.45) is 0. The van der Waals surface area contributed by atoms with Crippen molar-refractivity contribution < 1.29 is 4.79 Å². The molecule has 0 fully saturated rings. The average molecular weight is 290 g/mol. The monoisotopic (exact) mass is 290 g/mol. The fourth-order valence-corrected chi connectivity index (χ4v) is 1.34. The van der Waals surface area contributed by atoms with E-state index in [9.17, 15) is 4.79 Å². The molecule has 0 aromatic heterocycles. The summed E-state index contributed by atoms with van der Waals surface area (Å²) in [7, 11) is 1.83. The van der Waals surface area contributed by atoms with Crippen molar-refractivity contribution >= 4 is 40.0 Å². The number of rotatable bonds is 3. The molecule has 1 aromatic rings. The minimum atomic E-state index is 0.0741. The van der Waals surface area contributed by atoms with Crippen LogP contribution in [-0.2, 0) is 0 Å². The van der Waals surface area contributed by atoms with Crippen LogP contribution in [-0.4, -0.2) is 12.8 Å². The van der Waals surface area contributed by atoms with Gasteiger partial charge in [0.05, 0.1) is 22.9 Å². The van der Waals surface area contributed by atoms with E-state index in [4.69, 9.17) is 0 Å². The lowest BCUT2D eigenvalue weighted by atomic mass is 10.1. The van der Waals surface area contributed by atoms with E-state index in [0.717, 1.165) is 11.4 Å². The number of nitrogens with one attached hydrogen (secondary N) is 2. The van der Waals surface area contributed by atoms with Gasteiger partial charge in [-0.15, -0.1) is 0 Å². The number of ketones is 1. The molecule has 3 nitrogen and oxygen atoms in total. The number of hydrogen-bond acceptors (Lipinski definition) is 3. The molecule has 0 amide bonds. The zero-order valence-electron chi connectivity index (χ0n) is 7.52. The SMILES string of the molecule is CNc1cc(NI)cc(C(C)=O)c1. The Kier molecular flexibility index (Phi) is 3.53. The van der Waals surface area contributed by atoms with Crippen LogP contribution in [0.1, 0.15) is 17.3 Å². The molecular formula is C9H11IN2O. The van der Waals surface area contributed by atoms with E-state index in [1.165, 1.54) is 0 Å². The van der Waals surface area contributed by atoms with Crippen molar-refractivity contribution in [3.63, 3.8) is 0 Å². The van der Waals surface area contributed by atoms with Gasteiger partial charge < -0.3 is 8.85 Å². The fraction of sp³-hybridized carbons (Fsp3) is 0.222. The van der Waals surface area contributed by atoms with Crippen LogP contribution in [0.5, 0.6) is 0 Å². The van der Waals surface area contributed by atoms with Crippen LogP contribution in [0.4, 0.5) is 11.4 Å². The first kappa shape index (κ1) is 10.3. The molecule has 0 heterocycles. The van der Waals surface area contributed by atoms with Gasteiger partial charge in [-0.25, -0.2) is 0 Å². The molecule has 0 aliphatic rings. The van der Waals surface area contributed by atoms with Gasteiger partial charge >= 0.3 is 0 Å². The summed E-state index contributed by atoms with van der Waals surface area (Å²) >= 11 is 2.04. The Morgan fingerprint density at radius 2 is 1.92 bits per heavy atom. The lowest BCUT2D eigenvalue weighted by Gasteiger charge is -2.06. The first-order chi connectivity index (χ1) is 6.17. The third kappa shape index (κ3) is 2.58. The molecule has 0 bridgehead atoms. The summed E-state index contributed by atoms with van der Waals surface area (Å²) in [4.78, 5) is 11.1. The number of benzene rings is 1. The first-order valence-electron chi connectivity index (χ1n) is 3.88. The molecule has 4 heteroatoms. The number of hydrogen-bond donors (Lipinski definition) is 2. The number of anilines is 2. The predicted octanol–water partition coefficient (Wildman–Crippen LogP) is 2.69. The highest BCUT2D eigenvalue weighted by Crippen LogP contribution is 2.20. The van der Waals surface area contributed by atoms with Gasteiger partial charge in [-0.3, -0.25) is 4.79 Å².